The van der Waals surface area contributed by atoms with Crippen LogP contribution in [0.25, 0.3) is 32.8 Å². The minimum Gasteiger partial charge on any atom is -0.392 e. The first kappa shape index (κ1) is 23.3. The summed E-state index contributed by atoms with van der Waals surface area (Å²) in [6, 6.07) is 20.0. The van der Waals surface area contributed by atoms with Gasteiger partial charge in [0.15, 0.2) is 0 Å². The summed E-state index contributed by atoms with van der Waals surface area (Å²) in [7, 11) is 1.70. The van der Waals surface area contributed by atoms with Crippen LogP contribution in [0, 0.1) is 5.92 Å². The van der Waals surface area contributed by atoms with Crippen LogP contribution in [0.15, 0.2) is 71.7 Å². The van der Waals surface area contributed by atoms with Gasteiger partial charge >= 0.3 is 0 Å². The molecule has 0 atom stereocenters. The molecule has 6 heteroatoms. The molecule has 35 heavy (non-hydrogen) atoms. The van der Waals surface area contributed by atoms with Gasteiger partial charge < -0.3 is 9.67 Å². The average molecular weight is 486 g/mol. The van der Waals surface area contributed by atoms with Gasteiger partial charge in [-0.2, -0.15) is 5.10 Å². The van der Waals surface area contributed by atoms with Crippen molar-refractivity contribution >= 4 is 33.1 Å². The molecule has 0 aliphatic rings. The van der Waals surface area contributed by atoms with Gasteiger partial charge in [-0.1, -0.05) is 74.0 Å². The molecule has 2 heterocycles. The highest BCUT2D eigenvalue weighted by molar-refractivity contribution is 6.33. The summed E-state index contributed by atoms with van der Waals surface area (Å²) in [5.41, 5.74) is 4.10. The van der Waals surface area contributed by atoms with Gasteiger partial charge in [0.2, 0.25) is 0 Å². The third kappa shape index (κ3) is 4.26. The summed E-state index contributed by atoms with van der Waals surface area (Å²) in [5.74, 6) is 0.384. The third-order valence-electron chi connectivity index (χ3n) is 6.46. The summed E-state index contributed by atoms with van der Waals surface area (Å²) in [5, 5.41) is 18.7. The Morgan fingerprint density at radius 2 is 1.80 bits per heavy atom. The molecule has 0 saturated heterocycles. The van der Waals surface area contributed by atoms with Gasteiger partial charge in [-0.05, 0) is 46.4 Å². The SMILES string of the molecule is CC(C)Cc1nn(C)c(=O)c2c(-c3cc(CO)ccc3Cl)n(Cc3cccc4ccccc34)cc12. The zero-order valence-electron chi connectivity index (χ0n) is 20.1. The van der Waals surface area contributed by atoms with E-state index in [0.29, 0.717) is 22.9 Å². The molecular formula is C29H28ClN3O2. The lowest BCUT2D eigenvalue weighted by atomic mass is 10.0. The number of rotatable bonds is 6. The fourth-order valence-electron chi connectivity index (χ4n) is 4.85. The zero-order valence-corrected chi connectivity index (χ0v) is 20.9. The smallest absolute Gasteiger partial charge is 0.276 e. The first-order valence-electron chi connectivity index (χ1n) is 11.8. The normalized spacial score (nSPS) is 11.7. The summed E-state index contributed by atoms with van der Waals surface area (Å²) >= 11 is 6.71. The number of halogens is 1. The number of hydrogen-bond donors (Lipinski definition) is 1. The molecule has 0 fully saturated rings. The highest BCUT2D eigenvalue weighted by atomic mass is 35.5. The highest BCUT2D eigenvalue weighted by Crippen LogP contribution is 2.36. The van der Waals surface area contributed by atoms with E-state index in [1.807, 2.05) is 24.4 Å². The number of aliphatic hydroxyl groups excluding tert-OH is 1. The van der Waals surface area contributed by atoms with Gasteiger partial charge in [0.25, 0.3) is 5.56 Å². The molecule has 0 aliphatic carbocycles. The minimum absolute atomic E-state index is 0.107. The van der Waals surface area contributed by atoms with Crippen molar-refractivity contribution in [2.45, 2.75) is 33.4 Å². The quantitative estimate of drug-likeness (QED) is 0.323. The van der Waals surface area contributed by atoms with E-state index in [-0.39, 0.29) is 12.2 Å². The number of aryl methyl sites for hydroxylation is 1. The van der Waals surface area contributed by atoms with Crippen molar-refractivity contribution in [3.63, 3.8) is 0 Å². The number of hydrogen-bond acceptors (Lipinski definition) is 3. The second-order valence-corrected chi connectivity index (χ2v) is 9.89. The predicted octanol–water partition coefficient (Wildman–Crippen LogP) is 5.95. The van der Waals surface area contributed by atoms with E-state index < -0.39 is 0 Å². The molecule has 0 radical (unpaired) electrons. The van der Waals surface area contributed by atoms with E-state index in [2.05, 4.69) is 53.8 Å². The molecular weight excluding hydrogens is 458 g/mol. The lowest BCUT2D eigenvalue weighted by Crippen LogP contribution is -2.22. The number of nitrogens with zero attached hydrogens (tertiary/aromatic N) is 3. The molecule has 0 amide bonds. The molecule has 0 unspecified atom stereocenters. The Morgan fingerprint density at radius 1 is 1.03 bits per heavy atom. The molecule has 178 valence electrons. The fourth-order valence-corrected chi connectivity index (χ4v) is 5.06. The van der Waals surface area contributed by atoms with Crippen molar-refractivity contribution in [3.05, 3.63) is 99.1 Å². The molecule has 0 spiro atoms. The van der Waals surface area contributed by atoms with Crippen LogP contribution in [-0.4, -0.2) is 19.5 Å². The maximum Gasteiger partial charge on any atom is 0.276 e. The fraction of sp³-hybridized carbons (Fsp3) is 0.241. The van der Waals surface area contributed by atoms with E-state index in [1.54, 1.807) is 19.2 Å². The first-order valence-corrected chi connectivity index (χ1v) is 12.2. The Labute approximate surface area is 209 Å². The minimum atomic E-state index is -0.162. The topological polar surface area (TPSA) is 60.1 Å². The molecule has 3 aromatic carbocycles. The molecule has 5 rings (SSSR count). The van der Waals surface area contributed by atoms with Crippen LogP contribution in [0.1, 0.15) is 30.7 Å². The Morgan fingerprint density at radius 3 is 2.57 bits per heavy atom. The maximum absolute atomic E-state index is 13.5. The van der Waals surface area contributed by atoms with Crippen LogP contribution in [-0.2, 0) is 26.6 Å². The Bertz CT molecular complexity index is 1610. The van der Waals surface area contributed by atoms with Crippen molar-refractivity contribution < 1.29 is 5.11 Å². The van der Waals surface area contributed by atoms with Gasteiger partial charge in [0.05, 0.1) is 23.4 Å². The maximum atomic E-state index is 13.5. The van der Waals surface area contributed by atoms with E-state index in [9.17, 15) is 9.90 Å². The molecule has 2 aromatic heterocycles. The summed E-state index contributed by atoms with van der Waals surface area (Å²) in [4.78, 5) is 13.5. The van der Waals surface area contributed by atoms with E-state index in [0.717, 1.165) is 39.9 Å². The second-order valence-electron chi connectivity index (χ2n) is 9.48. The van der Waals surface area contributed by atoms with Crippen LogP contribution in [0.5, 0.6) is 0 Å². The third-order valence-corrected chi connectivity index (χ3v) is 6.79. The summed E-state index contributed by atoms with van der Waals surface area (Å²) in [6.45, 7) is 4.75. The molecule has 0 aliphatic heterocycles. The van der Waals surface area contributed by atoms with Gasteiger partial charge in [-0.15, -0.1) is 0 Å². The average Bonchev–Trinajstić information content (AvgIpc) is 3.22. The lowest BCUT2D eigenvalue weighted by molar-refractivity contribution is 0.282. The Balaban J connectivity index is 1.84. The first-order chi connectivity index (χ1) is 16.9. The predicted molar refractivity (Wildman–Crippen MR) is 143 cm³/mol. The van der Waals surface area contributed by atoms with Crippen molar-refractivity contribution in [3.8, 4) is 11.3 Å². The second kappa shape index (κ2) is 9.33. The Hall–Kier alpha value is -3.41. The zero-order chi connectivity index (χ0) is 24.7. The van der Waals surface area contributed by atoms with Gasteiger partial charge in [0, 0.05) is 35.8 Å². The Kier molecular flexibility index (Phi) is 6.22. The van der Waals surface area contributed by atoms with Gasteiger partial charge in [-0.3, -0.25) is 4.79 Å². The van der Waals surface area contributed by atoms with Crippen molar-refractivity contribution in [2.24, 2.45) is 13.0 Å². The molecule has 0 bridgehead atoms. The van der Waals surface area contributed by atoms with Crippen LogP contribution in [0.4, 0.5) is 0 Å². The summed E-state index contributed by atoms with van der Waals surface area (Å²) in [6.07, 6.45) is 2.80. The lowest BCUT2D eigenvalue weighted by Gasteiger charge is -2.14. The molecule has 0 saturated carbocycles. The monoisotopic (exact) mass is 485 g/mol. The van der Waals surface area contributed by atoms with Crippen LogP contribution < -0.4 is 5.56 Å². The standard InChI is InChI=1S/C29H28ClN3O2/c1-18(2)13-26-24-16-33(15-21-9-6-8-20-7-4-5-10-22(20)21)28(27(24)29(35)32(3)31-26)23-14-19(17-34)11-12-25(23)30/h4-12,14,16,18,34H,13,15,17H2,1-3H3. The van der Waals surface area contributed by atoms with E-state index in [1.165, 1.54) is 15.5 Å². The van der Waals surface area contributed by atoms with Crippen LogP contribution in [0.2, 0.25) is 5.02 Å². The summed E-state index contributed by atoms with van der Waals surface area (Å²) < 4.78 is 3.54. The van der Waals surface area contributed by atoms with E-state index >= 15 is 0 Å². The number of aromatic nitrogens is 3. The molecule has 5 nitrogen and oxygen atoms in total. The van der Waals surface area contributed by atoms with Gasteiger partial charge in [0.1, 0.15) is 0 Å². The number of aliphatic hydroxyl groups is 1. The van der Waals surface area contributed by atoms with Crippen molar-refractivity contribution in [2.75, 3.05) is 0 Å². The largest absolute Gasteiger partial charge is 0.392 e. The van der Waals surface area contributed by atoms with Crippen molar-refractivity contribution in [1.82, 2.24) is 14.3 Å². The molecule has 1 N–H and O–H groups in total. The number of fused-ring (bicyclic) bond motifs is 2. The number of benzene rings is 3. The highest BCUT2D eigenvalue weighted by Gasteiger charge is 2.22. The van der Waals surface area contributed by atoms with E-state index in [4.69, 9.17) is 11.6 Å². The molecule has 5 aromatic rings. The van der Waals surface area contributed by atoms with Crippen LogP contribution >= 0.6 is 11.6 Å². The van der Waals surface area contributed by atoms with Gasteiger partial charge in [-0.25, -0.2) is 4.68 Å². The van der Waals surface area contributed by atoms with Crippen LogP contribution in [0.3, 0.4) is 0 Å². The van der Waals surface area contributed by atoms with Crippen molar-refractivity contribution in [1.29, 1.82) is 0 Å².